The van der Waals surface area contributed by atoms with Gasteiger partial charge in [0.05, 0.1) is 0 Å². The minimum Gasteiger partial charge on any atom is -0.451 e. The van der Waals surface area contributed by atoms with Gasteiger partial charge in [0.2, 0.25) is 0 Å². The summed E-state index contributed by atoms with van der Waals surface area (Å²) in [6, 6.07) is 5.36. The molecule has 7 heteroatoms. The van der Waals surface area contributed by atoms with Crippen LogP contribution in [0.4, 0.5) is 0 Å². The molecular weight excluding hydrogens is 352 g/mol. The Morgan fingerprint density at radius 3 is 3.08 bits per heavy atom. The van der Waals surface area contributed by atoms with E-state index in [2.05, 4.69) is 20.1 Å². The van der Waals surface area contributed by atoms with Crippen LogP contribution in [0.3, 0.4) is 0 Å². The molecule has 3 aromatic rings. The lowest BCUT2D eigenvalue weighted by Crippen LogP contribution is -2.26. The Bertz CT molecular complexity index is 960. The molecule has 6 nitrogen and oxygen atoms in total. The van der Waals surface area contributed by atoms with Gasteiger partial charge in [-0.15, -0.1) is 10.2 Å². The molecule has 1 aliphatic rings. The number of carbonyl (C=O) groups excluding carboxylic acids is 1. The summed E-state index contributed by atoms with van der Waals surface area (Å²) in [6.45, 7) is 3.33. The van der Waals surface area contributed by atoms with Crippen LogP contribution in [0.2, 0.25) is 5.02 Å². The average Bonchev–Trinajstić information content (AvgIpc) is 3.06. The lowest BCUT2D eigenvalue weighted by atomic mass is 10.1. The molecule has 0 saturated heterocycles. The van der Waals surface area contributed by atoms with Crippen molar-refractivity contribution >= 4 is 28.5 Å². The molecule has 0 unspecified atom stereocenters. The monoisotopic (exact) mass is 372 g/mol. The van der Waals surface area contributed by atoms with E-state index < -0.39 is 0 Å². The number of hydrogen-bond donors (Lipinski definition) is 1. The molecule has 0 fully saturated rings. The van der Waals surface area contributed by atoms with Crippen LogP contribution in [0, 0.1) is 6.92 Å². The Hall–Kier alpha value is -2.34. The lowest BCUT2D eigenvalue weighted by molar-refractivity contribution is 0.0927. The van der Waals surface area contributed by atoms with Gasteiger partial charge < -0.3 is 14.3 Å². The average molecular weight is 373 g/mol. The lowest BCUT2D eigenvalue weighted by Gasteiger charge is -2.07. The number of halogens is 1. The molecule has 0 saturated carbocycles. The Morgan fingerprint density at radius 1 is 1.31 bits per heavy atom. The quantitative estimate of drug-likeness (QED) is 0.758. The second-order valence-electron chi connectivity index (χ2n) is 6.70. The van der Waals surface area contributed by atoms with Gasteiger partial charge in [-0.1, -0.05) is 18.0 Å². The summed E-state index contributed by atoms with van der Waals surface area (Å²) < 4.78 is 7.91. The molecule has 1 aliphatic heterocycles. The number of aromatic nitrogens is 3. The van der Waals surface area contributed by atoms with Crippen LogP contribution in [0.5, 0.6) is 0 Å². The maximum Gasteiger partial charge on any atom is 0.287 e. The molecule has 4 rings (SSSR count). The number of aryl methyl sites for hydroxylation is 2. The van der Waals surface area contributed by atoms with E-state index >= 15 is 0 Å². The molecule has 0 spiro atoms. The Morgan fingerprint density at radius 2 is 2.19 bits per heavy atom. The van der Waals surface area contributed by atoms with Crippen molar-refractivity contribution in [1.29, 1.82) is 0 Å². The molecule has 1 amide bonds. The first-order valence-corrected chi connectivity index (χ1v) is 9.39. The Kier molecular flexibility index (Phi) is 4.68. The van der Waals surface area contributed by atoms with Crippen molar-refractivity contribution in [1.82, 2.24) is 20.1 Å². The standard InChI is InChI=1S/C19H21ClN4O2/c1-12-14-11-13(20)6-7-15(14)26-18(12)19(25)21-9-8-17-23-22-16-5-3-2-4-10-24(16)17/h6-7,11H,2-5,8-10H2,1H3,(H,21,25). The van der Waals surface area contributed by atoms with Crippen molar-refractivity contribution < 1.29 is 9.21 Å². The molecule has 0 radical (unpaired) electrons. The fraction of sp³-hybridized carbons (Fsp3) is 0.421. The summed E-state index contributed by atoms with van der Waals surface area (Å²) in [7, 11) is 0. The van der Waals surface area contributed by atoms with E-state index in [1.165, 1.54) is 12.8 Å². The molecule has 0 bridgehead atoms. The molecule has 3 heterocycles. The summed E-state index contributed by atoms with van der Waals surface area (Å²) in [5.41, 5.74) is 1.47. The van der Waals surface area contributed by atoms with Gasteiger partial charge in [0.1, 0.15) is 17.2 Å². The highest BCUT2D eigenvalue weighted by atomic mass is 35.5. The maximum atomic E-state index is 12.5. The van der Waals surface area contributed by atoms with E-state index in [4.69, 9.17) is 16.0 Å². The van der Waals surface area contributed by atoms with Gasteiger partial charge in [0.15, 0.2) is 5.76 Å². The third kappa shape index (κ3) is 3.21. The summed E-state index contributed by atoms with van der Waals surface area (Å²) in [4.78, 5) is 12.5. The van der Waals surface area contributed by atoms with Crippen molar-refractivity contribution in [2.45, 2.75) is 45.6 Å². The number of furan rings is 1. The third-order valence-electron chi connectivity index (χ3n) is 4.92. The predicted molar refractivity (Wildman–Crippen MR) is 99.6 cm³/mol. The van der Waals surface area contributed by atoms with Crippen LogP contribution in [0.15, 0.2) is 22.6 Å². The highest BCUT2D eigenvalue weighted by Gasteiger charge is 2.19. The second-order valence-corrected chi connectivity index (χ2v) is 7.13. The maximum absolute atomic E-state index is 12.5. The van der Waals surface area contributed by atoms with E-state index in [0.717, 1.165) is 42.0 Å². The first-order chi connectivity index (χ1) is 12.6. The van der Waals surface area contributed by atoms with Crippen molar-refractivity contribution in [3.8, 4) is 0 Å². The number of hydrogen-bond acceptors (Lipinski definition) is 4. The Labute approximate surface area is 156 Å². The Balaban J connectivity index is 1.43. The summed E-state index contributed by atoms with van der Waals surface area (Å²) in [6.07, 6.45) is 5.20. The first-order valence-electron chi connectivity index (χ1n) is 9.01. The summed E-state index contributed by atoms with van der Waals surface area (Å²) >= 11 is 6.03. The molecule has 2 aromatic heterocycles. The van der Waals surface area contributed by atoms with Gasteiger partial charge in [0.25, 0.3) is 5.91 Å². The highest BCUT2D eigenvalue weighted by molar-refractivity contribution is 6.31. The van der Waals surface area contributed by atoms with Crippen LogP contribution in [-0.2, 0) is 19.4 Å². The number of amides is 1. The van der Waals surface area contributed by atoms with Crippen molar-refractivity contribution in [2.24, 2.45) is 0 Å². The van der Waals surface area contributed by atoms with Gasteiger partial charge in [-0.2, -0.15) is 0 Å². The van der Waals surface area contributed by atoms with E-state index in [9.17, 15) is 4.79 Å². The van der Waals surface area contributed by atoms with Gasteiger partial charge in [-0.3, -0.25) is 4.79 Å². The van der Waals surface area contributed by atoms with Crippen LogP contribution in [0.25, 0.3) is 11.0 Å². The van der Waals surface area contributed by atoms with E-state index in [-0.39, 0.29) is 5.91 Å². The number of nitrogens with one attached hydrogen (secondary N) is 1. The van der Waals surface area contributed by atoms with Gasteiger partial charge in [-0.25, -0.2) is 0 Å². The summed E-state index contributed by atoms with van der Waals surface area (Å²) in [5, 5.41) is 13.0. The van der Waals surface area contributed by atoms with Crippen LogP contribution in [0.1, 0.15) is 47.0 Å². The van der Waals surface area contributed by atoms with Crippen molar-refractivity contribution in [2.75, 3.05) is 6.54 Å². The van der Waals surface area contributed by atoms with Crippen molar-refractivity contribution in [3.63, 3.8) is 0 Å². The number of nitrogens with zero attached hydrogens (tertiary/aromatic N) is 3. The fourth-order valence-electron chi connectivity index (χ4n) is 3.51. The van der Waals surface area contributed by atoms with Crippen LogP contribution < -0.4 is 5.32 Å². The molecule has 0 aliphatic carbocycles. The van der Waals surface area contributed by atoms with Crippen LogP contribution in [-0.4, -0.2) is 27.2 Å². The second kappa shape index (κ2) is 7.11. The van der Waals surface area contributed by atoms with Gasteiger partial charge >= 0.3 is 0 Å². The van der Waals surface area contributed by atoms with E-state index in [0.29, 0.717) is 29.3 Å². The smallest absolute Gasteiger partial charge is 0.287 e. The molecular formula is C19H21ClN4O2. The minimum absolute atomic E-state index is 0.217. The normalized spacial score (nSPS) is 14.2. The third-order valence-corrected chi connectivity index (χ3v) is 5.16. The number of carbonyl (C=O) groups is 1. The zero-order valence-electron chi connectivity index (χ0n) is 14.7. The SMILES string of the molecule is Cc1c(C(=O)NCCc2nnc3n2CCCCC3)oc2ccc(Cl)cc12. The molecule has 1 aromatic carbocycles. The topological polar surface area (TPSA) is 73.0 Å². The van der Waals surface area contributed by atoms with E-state index in [1.807, 2.05) is 13.0 Å². The zero-order chi connectivity index (χ0) is 18.1. The van der Waals surface area contributed by atoms with Crippen LogP contribution >= 0.6 is 11.6 Å². The van der Waals surface area contributed by atoms with Gasteiger partial charge in [0, 0.05) is 41.9 Å². The first kappa shape index (κ1) is 17.1. The largest absolute Gasteiger partial charge is 0.451 e. The molecule has 1 N–H and O–H groups in total. The van der Waals surface area contributed by atoms with Gasteiger partial charge in [-0.05, 0) is 38.0 Å². The molecule has 136 valence electrons. The zero-order valence-corrected chi connectivity index (χ0v) is 15.5. The number of rotatable bonds is 4. The highest BCUT2D eigenvalue weighted by Crippen LogP contribution is 2.27. The molecule has 0 atom stereocenters. The number of fused-ring (bicyclic) bond motifs is 2. The van der Waals surface area contributed by atoms with Crippen molar-refractivity contribution in [3.05, 3.63) is 46.2 Å². The predicted octanol–water partition coefficient (Wildman–Crippen LogP) is 3.69. The molecule has 26 heavy (non-hydrogen) atoms. The summed E-state index contributed by atoms with van der Waals surface area (Å²) in [5.74, 6) is 2.12. The van der Waals surface area contributed by atoms with E-state index in [1.54, 1.807) is 12.1 Å². The fourth-order valence-corrected chi connectivity index (χ4v) is 3.68. The number of benzene rings is 1. The minimum atomic E-state index is -0.217.